The van der Waals surface area contributed by atoms with Gasteiger partial charge in [0, 0.05) is 18.2 Å². The van der Waals surface area contributed by atoms with Crippen molar-refractivity contribution < 1.29 is 29.6 Å². The molecule has 0 radical (unpaired) electrons. The van der Waals surface area contributed by atoms with Gasteiger partial charge in [0.1, 0.15) is 17.1 Å². The SMILES string of the molecule is COC(=O)c1cc(C(CN)C(=O)O)c(O)cc1O. The lowest BCUT2D eigenvalue weighted by atomic mass is 9.96. The van der Waals surface area contributed by atoms with E-state index < -0.39 is 29.4 Å². The lowest BCUT2D eigenvalue weighted by molar-refractivity contribution is -0.138. The maximum absolute atomic E-state index is 11.3. The monoisotopic (exact) mass is 255 g/mol. The van der Waals surface area contributed by atoms with Crippen LogP contribution in [-0.4, -0.2) is 40.9 Å². The Morgan fingerprint density at radius 2 is 1.94 bits per heavy atom. The summed E-state index contributed by atoms with van der Waals surface area (Å²) in [5.74, 6) is -4.19. The average molecular weight is 255 g/mol. The van der Waals surface area contributed by atoms with Crippen LogP contribution in [0, 0.1) is 0 Å². The molecule has 0 heterocycles. The molecule has 1 atom stereocenters. The predicted octanol–water partition coefficient (Wildman–Crippen LogP) is 0.0113. The quantitative estimate of drug-likeness (QED) is 0.557. The molecular formula is C11H13NO6. The van der Waals surface area contributed by atoms with Crippen LogP contribution in [0.3, 0.4) is 0 Å². The van der Waals surface area contributed by atoms with Crippen LogP contribution in [0.15, 0.2) is 12.1 Å². The molecule has 0 saturated heterocycles. The minimum atomic E-state index is -1.24. The maximum Gasteiger partial charge on any atom is 0.341 e. The molecule has 0 saturated carbocycles. The molecule has 0 amide bonds. The second-order valence-electron chi connectivity index (χ2n) is 3.55. The number of carboxylic acid groups (broad SMARTS) is 1. The molecule has 0 aliphatic heterocycles. The number of esters is 1. The molecular weight excluding hydrogens is 242 g/mol. The number of rotatable bonds is 4. The van der Waals surface area contributed by atoms with Crippen LogP contribution in [0.25, 0.3) is 0 Å². The number of phenolic OH excluding ortho intramolecular Hbond substituents is 2. The van der Waals surface area contributed by atoms with Crippen LogP contribution in [0.4, 0.5) is 0 Å². The Morgan fingerprint density at radius 3 is 2.39 bits per heavy atom. The summed E-state index contributed by atoms with van der Waals surface area (Å²) in [5, 5.41) is 28.0. The average Bonchev–Trinajstić information content (AvgIpc) is 2.31. The van der Waals surface area contributed by atoms with Gasteiger partial charge in [-0.2, -0.15) is 0 Å². The zero-order chi connectivity index (χ0) is 13.9. The number of ether oxygens (including phenoxy) is 1. The van der Waals surface area contributed by atoms with Crippen molar-refractivity contribution in [3.05, 3.63) is 23.3 Å². The first-order chi connectivity index (χ1) is 8.42. The molecule has 0 fully saturated rings. The Balaban J connectivity index is 3.36. The highest BCUT2D eigenvalue weighted by molar-refractivity contribution is 5.93. The number of aromatic hydroxyl groups is 2. The van der Waals surface area contributed by atoms with Crippen molar-refractivity contribution in [1.29, 1.82) is 0 Å². The van der Waals surface area contributed by atoms with Gasteiger partial charge in [-0.05, 0) is 6.07 Å². The summed E-state index contributed by atoms with van der Waals surface area (Å²) in [4.78, 5) is 22.3. The fourth-order valence-electron chi connectivity index (χ4n) is 1.51. The molecule has 7 nitrogen and oxygen atoms in total. The minimum Gasteiger partial charge on any atom is -0.508 e. The van der Waals surface area contributed by atoms with Crippen molar-refractivity contribution >= 4 is 11.9 Å². The van der Waals surface area contributed by atoms with Crippen LogP contribution in [0.5, 0.6) is 11.5 Å². The topological polar surface area (TPSA) is 130 Å². The van der Waals surface area contributed by atoms with E-state index in [4.69, 9.17) is 10.8 Å². The van der Waals surface area contributed by atoms with Crippen molar-refractivity contribution in [3.63, 3.8) is 0 Å². The molecule has 1 rings (SSSR count). The zero-order valence-electron chi connectivity index (χ0n) is 9.58. The number of aliphatic carboxylic acids is 1. The Morgan fingerprint density at radius 1 is 1.33 bits per heavy atom. The summed E-state index contributed by atoms with van der Waals surface area (Å²) in [5.41, 5.74) is 5.02. The van der Waals surface area contributed by atoms with Crippen molar-refractivity contribution in [1.82, 2.24) is 0 Å². The zero-order valence-corrected chi connectivity index (χ0v) is 9.58. The second-order valence-corrected chi connectivity index (χ2v) is 3.55. The molecule has 1 aromatic carbocycles. The minimum absolute atomic E-state index is 0.0526. The van der Waals surface area contributed by atoms with Crippen molar-refractivity contribution in [2.24, 2.45) is 5.73 Å². The Bertz CT molecular complexity index is 485. The number of carboxylic acids is 1. The van der Waals surface area contributed by atoms with Crippen molar-refractivity contribution in [2.75, 3.05) is 13.7 Å². The number of phenols is 2. The van der Waals surface area contributed by atoms with Crippen molar-refractivity contribution in [3.8, 4) is 11.5 Å². The van der Waals surface area contributed by atoms with E-state index in [2.05, 4.69) is 4.74 Å². The molecule has 0 aliphatic rings. The third-order valence-electron chi connectivity index (χ3n) is 2.46. The first kappa shape index (κ1) is 13.8. The number of methoxy groups -OCH3 is 1. The first-order valence-electron chi connectivity index (χ1n) is 4.99. The summed E-state index contributed by atoms with van der Waals surface area (Å²) >= 11 is 0. The van der Waals surface area contributed by atoms with Gasteiger partial charge < -0.3 is 25.8 Å². The van der Waals surface area contributed by atoms with E-state index in [0.29, 0.717) is 0 Å². The largest absolute Gasteiger partial charge is 0.508 e. The van der Waals surface area contributed by atoms with E-state index in [0.717, 1.165) is 19.2 Å². The normalized spacial score (nSPS) is 11.9. The van der Waals surface area contributed by atoms with Crippen LogP contribution in [0.1, 0.15) is 21.8 Å². The number of carbonyl (C=O) groups excluding carboxylic acids is 1. The smallest absolute Gasteiger partial charge is 0.341 e. The number of benzene rings is 1. The number of carbonyl (C=O) groups is 2. The van der Waals surface area contributed by atoms with E-state index in [9.17, 15) is 19.8 Å². The summed E-state index contributed by atoms with van der Waals surface area (Å²) in [6.07, 6.45) is 0. The lowest BCUT2D eigenvalue weighted by Crippen LogP contribution is -2.21. The van der Waals surface area contributed by atoms with Crippen LogP contribution in [-0.2, 0) is 9.53 Å². The Labute approximate surface area is 102 Å². The molecule has 0 bridgehead atoms. The fraction of sp³-hybridized carbons (Fsp3) is 0.273. The molecule has 1 unspecified atom stereocenters. The molecule has 0 spiro atoms. The standard InChI is InChI=1S/C11H13NO6/c1-18-11(17)6-2-5(7(4-12)10(15)16)8(13)3-9(6)14/h2-3,7,13-14H,4,12H2,1H3,(H,15,16). The van der Waals surface area contributed by atoms with Gasteiger partial charge in [-0.15, -0.1) is 0 Å². The summed E-state index contributed by atoms with van der Waals surface area (Å²) < 4.78 is 4.43. The Kier molecular flexibility index (Phi) is 4.11. The highest BCUT2D eigenvalue weighted by Crippen LogP contribution is 2.32. The summed E-state index contributed by atoms with van der Waals surface area (Å²) in [6.45, 7) is -0.256. The lowest BCUT2D eigenvalue weighted by Gasteiger charge is -2.14. The van der Waals surface area contributed by atoms with Gasteiger partial charge >= 0.3 is 11.9 Å². The van der Waals surface area contributed by atoms with Crippen LogP contribution < -0.4 is 5.73 Å². The number of nitrogens with two attached hydrogens (primary N) is 1. The molecule has 18 heavy (non-hydrogen) atoms. The fourth-order valence-corrected chi connectivity index (χ4v) is 1.51. The maximum atomic E-state index is 11.3. The van der Waals surface area contributed by atoms with Gasteiger partial charge in [0.2, 0.25) is 0 Å². The first-order valence-corrected chi connectivity index (χ1v) is 4.99. The third kappa shape index (κ3) is 2.51. The molecule has 7 heteroatoms. The summed E-state index contributed by atoms with van der Waals surface area (Å²) in [6, 6.07) is 1.94. The van der Waals surface area contributed by atoms with Crippen LogP contribution in [0.2, 0.25) is 0 Å². The molecule has 1 aromatic rings. The number of hydrogen-bond donors (Lipinski definition) is 4. The van der Waals surface area contributed by atoms with Crippen LogP contribution >= 0.6 is 0 Å². The van der Waals surface area contributed by atoms with Gasteiger partial charge in [0.15, 0.2) is 0 Å². The van der Waals surface area contributed by atoms with Gasteiger partial charge in [-0.1, -0.05) is 0 Å². The molecule has 5 N–H and O–H groups in total. The van der Waals surface area contributed by atoms with Gasteiger partial charge in [0.05, 0.1) is 13.0 Å². The van der Waals surface area contributed by atoms with Gasteiger partial charge in [0.25, 0.3) is 0 Å². The highest BCUT2D eigenvalue weighted by atomic mass is 16.5. The number of hydrogen-bond acceptors (Lipinski definition) is 6. The highest BCUT2D eigenvalue weighted by Gasteiger charge is 2.25. The third-order valence-corrected chi connectivity index (χ3v) is 2.46. The Hall–Kier alpha value is -2.28. The molecule has 0 aliphatic carbocycles. The van der Waals surface area contributed by atoms with E-state index >= 15 is 0 Å². The predicted molar refractivity (Wildman–Crippen MR) is 60.5 cm³/mol. The van der Waals surface area contributed by atoms with Crippen molar-refractivity contribution in [2.45, 2.75) is 5.92 Å². The van der Waals surface area contributed by atoms with Gasteiger partial charge in [-0.25, -0.2) is 4.79 Å². The summed E-state index contributed by atoms with van der Waals surface area (Å²) in [7, 11) is 1.12. The van der Waals surface area contributed by atoms with E-state index in [1.54, 1.807) is 0 Å². The molecule has 98 valence electrons. The van der Waals surface area contributed by atoms with E-state index in [1.807, 2.05) is 0 Å². The van der Waals surface area contributed by atoms with E-state index in [-0.39, 0.29) is 17.7 Å². The van der Waals surface area contributed by atoms with Gasteiger partial charge in [-0.3, -0.25) is 4.79 Å². The molecule has 0 aromatic heterocycles. The second kappa shape index (κ2) is 5.37. The van der Waals surface area contributed by atoms with E-state index in [1.165, 1.54) is 0 Å².